The molecule has 2 aromatic rings. The number of hydrogen-bond donors (Lipinski definition) is 1. The Morgan fingerprint density at radius 2 is 1.77 bits per heavy atom. The van der Waals surface area contributed by atoms with Crippen molar-refractivity contribution in [3.63, 3.8) is 0 Å². The van der Waals surface area contributed by atoms with E-state index in [0.29, 0.717) is 17.5 Å². The van der Waals surface area contributed by atoms with Crippen LogP contribution in [0.4, 0.5) is 0 Å². The van der Waals surface area contributed by atoms with Crippen LogP contribution in [-0.2, 0) is 4.79 Å². The summed E-state index contributed by atoms with van der Waals surface area (Å²) in [4.78, 5) is 12.5. The number of nitrogens with one attached hydrogen (secondary N) is 1. The van der Waals surface area contributed by atoms with Gasteiger partial charge in [-0.2, -0.15) is 0 Å². The van der Waals surface area contributed by atoms with E-state index in [1.807, 2.05) is 18.2 Å². The van der Waals surface area contributed by atoms with Gasteiger partial charge in [0.1, 0.15) is 0 Å². The summed E-state index contributed by atoms with van der Waals surface area (Å²) >= 11 is 1.56. The normalized spacial score (nSPS) is 20.5. The van der Waals surface area contributed by atoms with E-state index in [9.17, 15) is 4.79 Å². The van der Waals surface area contributed by atoms with Crippen LogP contribution in [0.2, 0.25) is 0 Å². The average Bonchev–Trinajstić information content (AvgIpc) is 3.10. The van der Waals surface area contributed by atoms with Crippen LogP contribution in [0.15, 0.2) is 23.4 Å². The van der Waals surface area contributed by atoms with Crippen molar-refractivity contribution in [3.05, 3.63) is 18.2 Å². The van der Waals surface area contributed by atoms with E-state index < -0.39 is 0 Å². The molecule has 1 aliphatic carbocycles. The molecular formula is C22H30N4O3S. The number of methoxy groups -OCH3 is 2. The van der Waals surface area contributed by atoms with E-state index in [1.165, 1.54) is 19.3 Å². The van der Waals surface area contributed by atoms with Crippen molar-refractivity contribution in [1.29, 1.82) is 0 Å². The highest BCUT2D eigenvalue weighted by Crippen LogP contribution is 2.39. The van der Waals surface area contributed by atoms with E-state index in [4.69, 9.17) is 9.47 Å². The molecule has 4 rings (SSSR count). The van der Waals surface area contributed by atoms with E-state index in [1.54, 1.807) is 26.0 Å². The Morgan fingerprint density at radius 1 is 1.00 bits per heavy atom. The second-order valence-electron chi connectivity index (χ2n) is 7.93. The highest BCUT2D eigenvalue weighted by atomic mass is 32.2. The van der Waals surface area contributed by atoms with Gasteiger partial charge in [0.2, 0.25) is 5.91 Å². The summed E-state index contributed by atoms with van der Waals surface area (Å²) in [6.45, 7) is 0.766. The van der Waals surface area contributed by atoms with Gasteiger partial charge in [0.25, 0.3) is 0 Å². The van der Waals surface area contributed by atoms with Gasteiger partial charge in [-0.05, 0) is 43.9 Å². The van der Waals surface area contributed by atoms with Gasteiger partial charge in [-0.3, -0.25) is 9.36 Å². The lowest BCUT2D eigenvalue weighted by Crippen LogP contribution is -2.31. The van der Waals surface area contributed by atoms with Crippen molar-refractivity contribution in [3.8, 4) is 22.9 Å². The maximum absolute atomic E-state index is 12.5. The van der Waals surface area contributed by atoms with Crippen molar-refractivity contribution in [2.75, 3.05) is 20.8 Å². The first-order valence-electron chi connectivity index (χ1n) is 10.8. The quantitative estimate of drug-likeness (QED) is 0.739. The largest absolute Gasteiger partial charge is 0.493 e. The molecular weight excluding hydrogens is 400 g/mol. The lowest BCUT2D eigenvalue weighted by atomic mass is 9.95. The lowest BCUT2D eigenvalue weighted by molar-refractivity contribution is -0.120. The van der Waals surface area contributed by atoms with Gasteiger partial charge in [0.15, 0.2) is 22.5 Å². The molecule has 1 saturated heterocycles. The van der Waals surface area contributed by atoms with Crippen LogP contribution >= 0.6 is 11.8 Å². The fraction of sp³-hybridized carbons (Fsp3) is 0.591. The van der Waals surface area contributed by atoms with Gasteiger partial charge in [-0.15, -0.1) is 10.2 Å². The predicted octanol–water partition coefficient (Wildman–Crippen LogP) is 4.23. The summed E-state index contributed by atoms with van der Waals surface area (Å²) in [5.41, 5.74) is 0.947. The smallest absolute Gasteiger partial charge is 0.233 e. The van der Waals surface area contributed by atoms with Gasteiger partial charge in [-0.1, -0.05) is 37.4 Å². The molecule has 0 spiro atoms. The number of ether oxygens (including phenoxy) is 2. The lowest BCUT2D eigenvalue weighted by Gasteiger charge is -2.26. The number of carbonyl (C=O) groups is 1. The van der Waals surface area contributed by atoms with Crippen LogP contribution in [-0.4, -0.2) is 46.7 Å². The fourth-order valence-corrected chi connectivity index (χ4v) is 5.52. The molecule has 1 unspecified atom stereocenters. The zero-order valence-electron chi connectivity index (χ0n) is 17.7. The zero-order valence-corrected chi connectivity index (χ0v) is 18.5. The Bertz CT molecular complexity index is 879. The van der Waals surface area contributed by atoms with Crippen LogP contribution in [0.5, 0.6) is 11.5 Å². The third-order valence-electron chi connectivity index (χ3n) is 5.98. The number of benzene rings is 1. The van der Waals surface area contributed by atoms with Gasteiger partial charge in [0, 0.05) is 18.2 Å². The van der Waals surface area contributed by atoms with Crippen LogP contribution in [0.1, 0.15) is 57.4 Å². The minimum Gasteiger partial charge on any atom is -0.493 e. The number of thioether (sulfide) groups is 1. The molecule has 8 heteroatoms. The molecule has 1 saturated carbocycles. The fourth-order valence-electron chi connectivity index (χ4n) is 4.35. The molecule has 162 valence electrons. The van der Waals surface area contributed by atoms with E-state index in [-0.39, 0.29) is 11.2 Å². The standard InChI is InChI=1S/C22H30N4O3S/c1-28-17-12-11-15(14-18(17)29-2)20-24-25-22(26(20)16-8-4-3-5-9-16)30-19-10-6-7-13-23-21(19)27/h11-12,14,16,19H,3-10,13H2,1-2H3,(H,23,27). The molecule has 0 radical (unpaired) electrons. The number of nitrogens with zero attached hydrogens (tertiary/aromatic N) is 3. The molecule has 1 N–H and O–H groups in total. The van der Waals surface area contributed by atoms with Crippen molar-refractivity contribution < 1.29 is 14.3 Å². The number of aromatic nitrogens is 3. The van der Waals surface area contributed by atoms with Crippen LogP contribution in [0.3, 0.4) is 0 Å². The van der Waals surface area contributed by atoms with Crippen molar-refractivity contribution >= 4 is 17.7 Å². The summed E-state index contributed by atoms with van der Waals surface area (Å²) in [5, 5.41) is 12.9. The van der Waals surface area contributed by atoms with E-state index >= 15 is 0 Å². The molecule has 1 aliphatic heterocycles. The zero-order chi connectivity index (χ0) is 20.9. The SMILES string of the molecule is COc1ccc(-c2nnc(SC3CCCCNC3=O)n2C2CCCCC2)cc1OC. The molecule has 1 atom stereocenters. The molecule has 1 aromatic carbocycles. The maximum Gasteiger partial charge on any atom is 0.233 e. The molecule has 0 bridgehead atoms. The van der Waals surface area contributed by atoms with Crippen LogP contribution in [0.25, 0.3) is 11.4 Å². The molecule has 2 heterocycles. The maximum atomic E-state index is 12.5. The Labute approximate surface area is 181 Å². The molecule has 2 aliphatic rings. The van der Waals surface area contributed by atoms with Gasteiger partial charge in [-0.25, -0.2) is 0 Å². The summed E-state index contributed by atoms with van der Waals surface area (Å²) in [5.74, 6) is 2.31. The van der Waals surface area contributed by atoms with Crippen molar-refractivity contribution in [2.24, 2.45) is 0 Å². The number of rotatable bonds is 6. The van der Waals surface area contributed by atoms with Crippen molar-refractivity contribution in [1.82, 2.24) is 20.1 Å². The third-order valence-corrected chi connectivity index (χ3v) is 7.20. The first kappa shape index (κ1) is 21.0. The van der Waals surface area contributed by atoms with Crippen molar-refractivity contribution in [2.45, 2.75) is 67.8 Å². The Morgan fingerprint density at radius 3 is 2.53 bits per heavy atom. The third kappa shape index (κ3) is 4.43. The van der Waals surface area contributed by atoms with Gasteiger partial charge < -0.3 is 14.8 Å². The Balaban J connectivity index is 1.71. The van der Waals surface area contributed by atoms with E-state index in [2.05, 4.69) is 20.1 Å². The predicted molar refractivity (Wildman–Crippen MR) is 117 cm³/mol. The van der Waals surface area contributed by atoms with Crippen LogP contribution < -0.4 is 14.8 Å². The molecule has 1 aromatic heterocycles. The second kappa shape index (κ2) is 9.73. The highest BCUT2D eigenvalue weighted by molar-refractivity contribution is 8.00. The first-order chi connectivity index (χ1) is 14.7. The molecule has 2 fully saturated rings. The number of hydrogen-bond acceptors (Lipinski definition) is 6. The highest BCUT2D eigenvalue weighted by Gasteiger charge is 2.29. The Hall–Kier alpha value is -2.22. The van der Waals surface area contributed by atoms with Gasteiger partial charge in [0.05, 0.1) is 19.5 Å². The molecule has 7 nitrogen and oxygen atoms in total. The summed E-state index contributed by atoms with van der Waals surface area (Å²) in [6.07, 6.45) is 8.89. The minimum absolute atomic E-state index is 0.114. The summed E-state index contributed by atoms with van der Waals surface area (Å²) in [6, 6.07) is 6.21. The molecule has 30 heavy (non-hydrogen) atoms. The second-order valence-corrected chi connectivity index (χ2v) is 9.10. The monoisotopic (exact) mass is 430 g/mol. The number of carbonyl (C=O) groups excluding carboxylic acids is 1. The van der Waals surface area contributed by atoms with Crippen LogP contribution in [0, 0.1) is 0 Å². The average molecular weight is 431 g/mol. The summed E-state index contributed by atoms with van der Waals surface area (Å²) in [7, 11) is 3.27. The number of amides is 1. The first-order valence-corrected chi connectivity index (χ1v) is 11.7. The Kier molecular flexibility index (Phi) is 6.82. The minimum atomic E-state index is -0.114. The molecule has 1 amide bonds. The topological polar surface area (TPSA) is 78.3 Å². The van der Waals surface area contributed by atoms with E-state index in [0.717, 1.165) is 55.2 Å². The summed E-state index contributed by atoms with van der Waals surface area (Å²) < 4.78 is 13.2. The van der Waals surface area contributed by atoms with Gasteiger partial charge >= 0.3 is 0 Å².